The van der Waals surface area contributed by atoms with Crippen molar-refractivity contribution in [1.29, 1.82) is 0 Å². The van der Waals surface area contributed by atoms with Gasteiger partial charge < -0.3 is 15.4 Å². The molecule has 0 unspecified atom stereocenters. The Hall–Kier alpha value is -2.87. The van der Waals surface area contributed by atoms with Gasteiger partial charge in [0.25, 0.3) is 0 Å². The molecule has 1 aromatic carbocycles. The third-order valence-corrected chi connectivity index (χ3v) is 4.80. The Balaban J connectivity index is 1.64. The van der Waals surface area contributed by atoms with E-state index in [0.29, 0.717) is 18.2 Å². The molecule has 0 aliphatic carbocycles. The van der Waals surface area contributed by atoms with Crippen molar-refractivity contribution in [3.05, 3.63) is 59.2 Å². The van der Waals surface area contributed by atoms with Crippen molar-refractivity contribution in [1.82, 2.24) is 24.9 Å². The number of thiocarbonyl (C=S) groups is 1. The highest BCUT2D eigenvalue weighted by Crippen LogP contribution is 2.21. The third kappa shape index (κ3) is 4.69. The summed E-state index contributed by atoms with van der Waals surface area (Å²) in [6.07, 6.45) is 3.86. The number of hydrogen-bond acceptors (Lipinski definition) is 4. The quantitative estimate of drug-likeness (QED) is 0.596. The molecule has 3 rings (SSSR count). The van der Waals surface area contributed by atoms with Crippen molar-refractivity contribution in [3.8, 4) is 5.75 Å². The number of aromatic nitrogens is 4. The first-order valence-electron chi connectivity index (χ1n) is 9.23. The van der Waals surface area contributed by atoms with Crippen molar-refractivity contribution in [2.24, 2.45) is 0 Å². The molecule has 0 aliphatic heterocycles. The van der Waals surface area contributed by atoms with E-state index in [9.17, 15) is 0 Å². The first kappa shape index (κ1) is 19.9. The van der Waals surface area contributed by atoms with E-state index >= 15 is 0 Å². The van der Waals surface area contributed by atoms with Crippen molar-refractivity contribution >= 4 is 23.0 Å². The fourth-order valence-corrected chi connectivity index (χ4v) is 3.16. The van der Waals surface area contributed by atoms with Crippen LogP contribution in [0.1, 0.15) is 29.4 Å². The molecule has 2 aromatic heterocycles. The molecule has 2 N–H and O–H groups in total. The molecular weight excluding hydrogens is 372 g/mol. The Labute approximate surface area is 170 Å². The van der Waals surface area contributed by atoms with Gasteiger partial charge in [-0.05, 0) is 50.7 Å². The minimum Gasteiger partial charge on any atom is -0.497 e. The number of anilines is 1. The number of hydrogen-bond donors (Lipinski definition) is 2. The van der Waals surface area contributed by atoms with Gasteiger partial charge in [-0.25, -0.2) is 0 Å². The lowest BCUT2D eigenvalue weighted by Crippen LogP contribution is -2.28. The SMILES string of the molecule is CCn1cc(CNC(=S)Nc2c(C)nn(Cc3cccc(OC)c3)c2C)cn1. The van der Waals surface area contributed by atoms with Crippen molar-refractivity contribution in [2.75, 3.05) is 12.4 Å². The summed E-state index contributed by atoms with van der Waals surface area (Å²) in [5.41, 5.74) is 5.09. The van der Waals surface area contributed by atoms with Crippen LogP contribution in [0.25, 0.3) is 0 Å². The second kappa shape index (κ2) is 8.88. The summed E-state index contributed by atoms with van der Waals surface area (Å²) >= 11 is 5.46. The van der Waals surface area contributed by atoms with E-state index in [0.717, 1.165) is 40.5 Å². The molecule has 148 valence electrons. The van der Waals surface area contributed by atoms with Crippen LogP contribution >= 0.6 is 12.2 Å². The number of methoxy groups -OCH3 is 1. The van der Waals surface area contributed by atoms with E-state index in [1.54, 1.807) is 7.11 Å². The molecule has 0 fully saturated rings. The maximum atomic E-state index is 5.46. The van der Waals surface area contributed by atoms with Crippen LogP contribution in [0.5, 0.6) is 5.75 Å². The molecule has 0 amide bonds. The molecule has 0 saturated carbocycles. The van der Waals surface area contributed by atoms with Crippen LogP contribution in [-0.2, 0) is 19.6 Å². The molecule has 3 aromatic rings. The fraction of sp³-hybridized carbons (Fsp3) is 0.350. The predicted molar refractivity (Wildman–Crippen MR) is 115 cm³/mol. The summed E-state index contributed by atoms with van der Waals surface area (Å²) in [4.78, 5) is 0. The lowest BCUT2D eigenvalue weighted by atomic mass is 10.2. The van der Waals surface area contributed by atoms with Crippen LogP contribution in [-0.4, -0.2) is 31.8 Å². The summed E-state index contributed by atoms with van der Waals surface area (Å²) in [5, 5.41) is 16.0. The molecule has 28 heavy (non-hydrogen) atoms. The Morgan fingerprint density at radius 3 is 2.79 bits per heavy atom. The number of ether oxygens (including phenoxy) is 1. The van der Waals surface area contributed by atoms with Gasteiger partial charge in [-0.15, -0.1) is 0 Å². The van der Waals surface area contributed by atoms with Crippen molar-refractivity contribution in [2.45, 2.75) is 40.4 Å². The monoisotopic (exact) mass is 398 g/mol. The van der Waals surface area contributed by atoms with Gasteiger partial charge in [0.2, 0.25) is 0 Å². The van der Waals surface area contributed by atoms with Gasteiger partial charge >= 0.3 is 0 Å². The lowest BCUT2D eigenvalue weighted by molar-refractivity contribution is 0.414. The van der Waals surface area contributed by atoms with Gasteiger partial charge in [-0.1, -0.05) is 12.1 Å². The fourth-order valence-electron chi connectivity index (χ4n) is 2.99. The Morgan fingerprint density at radius 1 is 1.25 bits per heavy atom. The van der Waals surface area contributed by atoms with Gasteiger partial charge in [0.1, 0.15) is 5.75 Å². The van der Waals surface area contributed by atoms with E-state index in [4.69, 9.17) is 17.0 Å². The molecule has 0 saturated heterocycles. The molecule has 0 aliphatic rings. The zero-order valence-corrected chi connectivity index (χ0v) is 17.5. The molecule has 8 heteroatoms. The van der Waals surface area contributed by atoms with Gasteiger partial charge in [0.15, 0.2) is 5.11 Å². The van der Waals surface area contributed by atoms with Gasteiger partial charge in [0, 0.05) is 24.8 Å². The lowest BCUT2D eigenvalue weighted by Gasteiger charge is -2.11. The third-order valence-electron chi connectivity index (χ3n) is 4.55. The summed E-state index contributed by atoms with van der Waals surface area (Å²) in [6.45, 7) is 8.23. The summed E-state index contributed by atoms with van der Waals surface area (Å²) in [6, 6.07) is 8.01. The van der Waals surface area contributed by atoms with E-state index in [2.05, 4.69) is 33.8 Å². The van der Waals surface area contributed by atoms with Crippen LogP contribution in [0.2, 0.25) is 0 Å². The number of aryl methyl sites for hydroxylation is 2. The Bertz CT molecular complexity index is 962. The molecule has 7 nitrogen and oxygen atoms in total. The van der Waals surface area contributed by atoms with Gasteiger partial charge in [-0.3, -0.25) is 9.36 Å². The largest absolute Gasteiger partial charge is 0.497 e. The normalized spacial score (nSPS) is 10.7. The molecule has 0 atom stereocenters. The van der Waals surface area contributed by atoms with Gasteiger partial charge in [0.05, 0.1) is 36.9 Å². The smallest absolute Gasteiger partial charge is 0.171 e. The minimum atomic E-state index is 0.566. The van der Waals surface area contributed by atoms with E-state index < -0.39 is 0 Å². The first-order chi connectivity index (χ1) is 13.5. The van der Waals surface area contributed by atoms with E-state index in [1.165, 1.54) is 0 Å². The Kier molecular flexibility index (Phi) is 6.30. The average molecular weight is 399 g/mol. The number of benzene rings is 1. The van der Waals surface area contributed by atoms with E-state index in [1.807, 2.05) is 53.8 Å². The number of nitrogens with one attached hydrogen (secondary N) is 2. The zero-order chi connectivity index (χ0) is 20.1. The van der Waals surface area contributed by atoms with Gasteiger partial charge in [-0.2, -0.15) is 10.2 Å². The predicted octanol–water partition coefficient (Wildman–Crippen LogP) is 3.26. The molecule has 2 heterocycles. The zero-order valence-electron chi connectivity index (χ0n) is 16.7. The highest BCUT2D eigenvalue weighted by Gasteiger charge is 2.13. The second-order valence-electron chi connectivity index (χ2n) is 6.57. The highest BCUT2D eigenvalue weighted by atomic mass is 32.1. The minimum absolute atomic E-state index is 0.566. The number of nitrogens with zero attached hydrogens (tertiary/aromatic N) is 4. The molecular formula is C20H26N6OS. The van der Waals surface area contributed by atoms with Crippen molar-refractivity contribution < 1.29 is 4.74 Å². The van der Waals surface area contributed by atoms with Crippen LogP contribution in [0.4, 0.5) is 5.69 Å². The Morgan fingerprint density at radius 2 is 2.07 bits per heavy atom. The van der Waals surface area contributed by atoms with E-state index in [-0.39, 0.29) is 0 Å². The van der Waals surface area contributed by atoms with Crippen LogP contribution in [0.3, 0.4) is 0 Å². The number of rotatable bonds is 7. The van der Waals surface area contributed by atoms with Crippen LogP contribution < -0.4 is 15.4 Å². The molecule has 0 bridgehead atoms. The maximum Gasteiger partial charge on any atom is 0.171 e. The summed E-state index contributed by atoms with van der Waals surface area (Å²) in [7, 11) is 1.67. The average Bonchev–Trinajstić information content (AvgIpc) is 3.26. The summed E-state index contributed by atoms with van der Waals surface area (Å²) in [5.74, 6) is 0.842. The topological polar surface area (TPSA) is 68.9 Å². The standard InChI is InChI=1S/C20H26N6OS/c1-5-25-12-17(11-22-25)10-21-20(28)23-19-14(2)24-26(15(19)3)13-16-7-6-8-18(9-16)27-4/h6-9,11-12H,5,10,13H2,1-4H3,(H2,21,23,28). The maximum absolute atomic E-state index is 5.46. The first-order valence-corrected chi connectivity index (χ1v) is 9.64. The molecule has 0 radical (unpaired) electrons. The highest BCUT2D eigenvalue weighted by molar-refractivity contribution is 7.80. The molecule has 0 spiro atoms. The second-order valence-corrected chi connectivity index (χ2v) is 6.98. The van der Waals surface area contributed by atoms with Crippen LogP contribution in [0, 0.1) is 13.8 Å². The van der Waals surface area contributed by atoms with Crippen molar-refractivity contribution in [3.63, 3.8) is 0 Å². The summed E-state index contributed by atoms with van der Waals surface area (Å²) < 4.78 is 9.17. The van der Waals surface area contributed by atoms with Crippen LogP contribution in [0.15, 0.2) is 36.7 Å².